The molecule has 1 saturated heterocycles. The Hall–Kier alpha value is -1.88. The summed E-state index contributed by atoms with van der Waals surface area (Å²) < 4.78 is 0. The van der Waals surface area contributed by atoms with Gasteiger partial charge in [0.15, 0.2) is 0 Å². The Morgan fingerprint density at radius 3 is 2.78 bits per heavy atom. The zero-order valence-corrected chi connectivity index (χ0v) is 10.6. The molecular weight excluding hydrogens is 230 g/mol. The van der Waals surface area contributed by atoms with Gasteiger partial charge in [-0.25, -0.2) is 9.69 Å². The van der Waals surface area contributed by atoms with E-state index in [9.17, 15) is 9.59 Å². The minimum absolute atomic E-state index is 0.194. The van der Waals surface area contributed by atoms with Crippen LogP contribution >= 0.6 is 0 Å². The Morgan fingerprint density at radius 1 is 1.39 bits per heavy atom. The number of hydrogen-bond acceptors (Lipinski definition) is 3. The molecule has 0 bridgehead atoms. The Morgan fingerprint density at radius 2 is 2.11 bits per heavy atom. The summed E-state index contributed by atoms with van der Waals surface area (Å²) >= 11 is 0. The molecule has 1 aliphatic heterocycles. The predicted octanol–water partition coefficient (Wildman–Crippen LogP) is 1.23. The molecule has 1 heterocycles. The van der Waals surface area contributed by atoms with Gasteiger partial charge in [0.25, 0.3) is 0 Å². The van der Waals surface area contributed by atoms with E-state index in [1.165, 1.54) is 4.90 Å². The van der Waals surface area contributed by atoms with Crippen LogP contribution in [0, 0.1) is 5.41 Å². The average molecular weight is 247 g/mol. The van der Waals surface area contributed by atoms with Gasteiger partial charge in [0.2, 0.25) is 5.91 Å². The topological polar surface area (TPSA) is 75.4 Å². The van der Waals surface area contributed by atoms with Crippen molar-refractivity contribution in [3.05, 3.63) is 29.8 Å². The third kappa shape index (κ3) is 2.09. The van der Waals surface area contributed by atoms with Crippen molar-refractivity contribution in [2.75, 3.05) is 11.4 Å². The number of nitrogens with one attached hydrogen (secondary N) is 1. The van der Waals surface area contributed by atoms with Gasteiger partial charge in [-0.2, -0.15) is 0 Å². The number of hydrogen-bond donors (Lipinski definition) is 2. The quantitative estimate of drug-likeness (QED) is 0.825. The molecule has 1 aromatic carbocycles. The van der Waals surface area contributed by atoms with Gasteiger partial charge in [-0.1, -0.05) is 12.1 Å². The first-order valence-electron chi connectivity index (χ1n) is 5.87. The van der Waals surface area contributed by atoms with Crippen LogP contribution in [0.3, 0.4) is 0 Å². The summed E-state index contributed by atoms with van der Waals surface area (Å²) in [6, 6.07) is 6.77. The van der Waals surface area contributed by atoms with Crippen molar-refractivity contribution in [2.45, 2.75) is 20.4 Å². The van der Waals surface area contributed by atoms with Crippen molar-refractivity contribution in [1.82, 2.24) is 5.32 Å². The average Bonchev–Trinajstić information content (AvgIpc) is 2.35. The second-order valence-electron chi connectivity index (χ2n) is 5.06. The number of carbonyl (C=O) groups excluding carboxylic acids is 2. The van der Waals surface area contributed by atoms with E-state index in [0.29, 0.717) is 18.8 Å². The van der Waals surface area contributed by atoms with Gasteiger partial charge in [0.1, 0.15) is 0 Å². The van der Waals surface area contributed by atoms with E-state index in [-0.39, 0.29) is 11.9 Å². The lowest BCUT2D eigenvalue weighted by molar-refractivity contribution is -0.126. The highest BCUT2D eigenvalue weighted by atomic mass is 16.2. The van der Waals surface area contributed by atoms with Crippen LogP contribution in [0.5, 0.6) is 0 Å². The Balaban J connectivity index is 2.40. The summed E-state index contributed by atoms with van der Waals surface area (Å²) in [5.41, 5.74) is 6.43. The van der Waals surface area contributed by atoms with E-state index in [4.69, 9.17) is 5.73 Å². The molecule has 0 radical (unpaired) electrons. The van der Waals surface area contributed by atoms with E-state index >= 15 is 0 Å². The molecule has 0 saturated carbocycles. The van der Waals surface area contributed by atoms with Crippen molar-refractivity contribution in [1.29, 1.82) is 0 Å². The van der Waals surface area contributed by atoms with Crippen LogP contribution in [-0.2, 0) is 11.3 Å². The summed E-state index contributed by atoms with van der Waals surface area (Å²) in [7, 11) is 0. The van der Waals surface area contributed by atoms with E-state index in [1.807, 2.05) is 19.9 Å². The number of urea groups is 1. The third-order valence-electron chi connectivity index (χ3n) is 3.07. The van der Waals surface area contributed by atoms with Crippen LogP contribution in [-0.4, -0.2) is 18.5 Å². The molecule has 3 N–H and O–H groups in total. The van der Waals surface area contributed by atoms with Gasteiger partial charge >= 0.3 is 6.03 Å². The van der Waals surface area contributed by atoms with Gasteiger partial charge < -0.3 is 11.1 Å². The Kier molecular flexibility index (Phi) is 3.09. The molecule has 3 amide bonds. The number of benzene rings is 1. The van der Waals surface area contributed by atoms with Gasteiger partial charge in [0, 0.05) is 13.1 Å². The van der Waals surface area contributed by atoms with Crippen LogP contribution < -0.4 is 16.0 Å². The zero-order valence-electron chi connectivity index (χ0n) is 10.6. The molecular formula is C13H17N3O2. The van der Waals surface area contributed by atoms with Crippen LogP contribution in [0.1, 0.15) is 19.4 Å². The number of nitrogens with zero attached hydrogens (tertiary/aromatic N) is 1. The summed E-state index contributed by atoms with van der Waals surface area (Å²) in [6.45, 7) is 4.36. The van der Waals surface area contributed by atoms with Crippen molar-refractivity contribution >= 4 is 17.6 Å². The number of carbonyl (C=O) groups is 2. The maximum absolute atomic E-state index is 12.3. The number of amides is 3. The largest absolute Gasteiger partial charge is 0.336 e. The van der Waals surface area contributed by atoms with E-state index in [2.05, 4.69) is 5.32 Å². The molecule has 2 rings (SSSR count). The fraction of sp³-hybridized carbons (Fsp3) is 0.385. The molecule has 1 aromatic rings. The molecule has 0 spiro atoms. The fourth-order valence-electron chi connectivity index (χ4n) is 1.90. The summed E-state index contributed by atoms with van der Waals surface area (Å²) in [5.74, 6) is -0.194. The fourth-order valence-corrected chi connectivity index (χ4v) is 1.90. The highest BCUT2D eigenvalue weighted by Gasteiger charge is 2.40. The van der Waals surface area contributed by atoms with Gasteiger partial charge in [-0.15, -0.1) is 0 Å². The standard InChI is InChI=1S/C13H17N3O2/c1-13(2)8-15-12(18)16(11(13)17)10-5-3-4-9(6-10)7-14/h3-6H,7-8,14H2,1-2H3,(H,15,18). The minimum Gasteiger partial charge on any atom is -0.336 e. The molecule has 5 nitrogen and oxygen atoms in total. The molecule has 1 fully saturated rings. The zero-order chi connectivity index (χ0) is 13.3. The van der Waals surface area contributed by atoms with Crippen molar-refractivity contribution in [2.24, 2.45) is 11.1 Å². The number of anilines is 1. The lowest BCUT2D eigenvalue weighted by Gasteiger charge is -2.36. The molecule has 1 aliphatic rings. The van der Waals surface area contributed by atoms with Crippen LogP contribution in [0.15, 0.2) is 24.3 Å². The van der Waals surface area contributed by atoms with Gasteiger partial charge in [0.05, 0.1) is 11.1 Å². The maximum Gasteiger partial charge on any atom is 0.328 e. The second-order valence-corrected chi connectivity index (χ2v) is 5.06. The van der Waals surface area contributed by atoms with E-state index in [0.717, 1.165) is 5.56 Å². The van der Waals surface area contributed by atoms with Gasteiger partial charge in [-0.05, 0) is 31.5 Å². The minimum atomic E-state index is -0.591. The van der Waals surface area contributed by atoms with E-state index in [1.54, 1.807) is 18.2 Å². The van der Waals surface area contributed by atoms with Crippen LogP contribution in [0.25, 0.3) is 0 Å². The summed E-state index contributed by atoms with van der Waals surface area (Å²) in [4.78, 5) is 25.3. The monoisotopic (exact) mass is 247 g/mol. The normalized spacial score (nSPS) is 18.7. The number of nitrogens with two attached hydrogens (primary N) is 1. The van der Waals surface area contributed by atoms with E-state index < -0.39 is 5.41 Å². The molecule has 0 aromatic heterocycles. The predicted molar refractivity (Wildman–Crippen MR) is 69.0 cm³/mol. The molecule has 0 aliphatic carbocycles. The Bertz CT molecular complexity index is 497. The smallest absolute Gasteiger partial charge is 0.328 e. The summed E-state index contributed by atoms with van der Waals surface area (Å²) in [5, 5.41) is 2.72. The lowest BCUT2D eigenvalue weighted by Crippen LogP contribution is -2.59. The summed E-state index contributed by atoms with van der Waals surface area (Å²) in [6.07, 6.45) is 0. The first-order valence-corrected chi connectivity index (χ1v) is 5.87. The van der Waals surface area contributed by atoms with Gasteiger partial charge in [-0.3, -0.25) is 4.79 Å². The van der Waals surface area contributed by atoms with Crippen molar-refractivity contribution in [3.8, 4) is 0 Å². The van der Waals surface area contributed by atoms with Crippen LogP contribution in [0.4, 0.5) is 10.5 Å². The first-order chi connectivity index (χ1) is 8.45. The number of imide groups is 1. The molecule has 96 valence electrons. The Labute approximate surface area is 106 Å². The molecule has 0 atom stereocenters. The number of rotatable bonds is 2. The second kappa shape index (κ2) is 4.42. The highest BCUT2D eigenvalue weighted by Crippen LogP contribution is 2.27. The lowest BCUT2D eigenvalue weighted by atomic mass is 9.89. The maximum atomic E-state index is 12.3. The SMILES string of the molecule is CC1(C)CNC(=O)N(c2cccc(CN)c2)C1=O. The van der Waals surface area contributed by atoms with Crippen LogP contribution in [0.2, 0.25) is 0 Å². The molecule has 18 heavy (non-hydrogen) atoms. The molecule has 0 unspecified atom stereocenters. The highest BCUT2D eigenvalue weighted by molar-refractivity contribution is 6.17. The van der Waals surface area contributed by atoms with Crippen molar-refractivity contribution < 1.29 is 9.59 Å². The molecule has 5 heteroatoms. The van der Waals surface area contributed by atoms with Crippen molar-refractivity contribution in [3.63, 3.8) is 0 Å². The third-order valence-corrected chi connectivity index (χ3v) is 3.07. The first kappa shape index (κ1) is 12.6.